The zero-order chi connectivity index (χ0) is 55.2. The van der Waals surface area contributed by atoms with E-state index in [-0.39, 0.29) is 10.8 Å². The lowest BCUT2D eigenvalue weighted by Gasteiger charge is -2.37. The summed E-state index contributed by atoms with van der Waals surface area (Å²) in [6.07, 6.45) is 0. The first-order valence-corrected chi connectivity index (χ1v) is 32.5. The van der Waals surface area contributed by atoms with Crippen molar-refractivity contribution in [3.63, 3.8) is 0 Å². The molecule has 0 saturated heterocycles. The molecule has 0 N–H and O–H groups in total. The average molecular weight is 1110 g/mol. The molecule has 0 aliphatic heterocycles. The summed E-state index contributed by atoms with van der Waals surface area (Å²) in [6, 6.07) is 104. The van der Waals surface area contributed by atoms with Crippen LogP contribution in [-0.4, -0.2) is 20.7 Å². The monoisotopic (exact) mass is 1110 g/mol. The smallest absolute Gasteiger partial charge is 0.179 e. The molecule has 0 bridgehead atoms. The van der Waals surface area contributed by atoms with E-state index in [9.17, 15) is 0 Å². The number of fused-ring (bicyclic) bond motifs is 3. The zero-order valence-corrected chi connectivity index (χ0v) is 49.7. The highest BCUT2D eigenvalue weighted by molar-refractivity contribution is 7.20. The van der Waals surface area contributed by atoms with Crippen LogP contribution in [0.2, 0.25) is 10.0 Å². The summed E-state index contributed by atoms with van der Waals surface area (Å²) in [4.78, 5) is 2.37. The summed E-state index contributed by atoms with van der Waals surface area (Å²) in [6.45, 7) is 13.7. The number of rotatable bonds is 12. The Kier molecular flexibility index (Phi) is 14.0. The van der Waals surface area contributed by atoms with Gasteiger partial charge in [0.2, 0.25) is 0 Å². The van der Waals surface area contributed by atoms with E-state index >= 15 is 0 Å². The van der Waals surface area contributed by atoms with Gasteiger partial charge >= 0.3 is 0 Å². The number of hydrogen-bond acceptors (Lipinski definition) is 1. The van der Waals surface area contributed by atoms with Crippen molar-refractivity contribution in [2.75, 3.05) is 4.90 Å². The minimum absolute atomic E-state index is 0.0471. The molecule has 0 atom stereocenters. The van der Waals surface area contributed by atoms with Crippen molar-refractivity contribution < 1.29 is 0 Å². The molecule has 0 aliphatic rings. The maximum Gasteiger partial charge on any atom is 0.179 e. The fraction of sp³-hybridized carbons (Fsp3) is 0.108. The minimum Gasteiger partial charge on any atom is -0.309 e. The molecule has 0 fully saturated rings. The third-order valence-electron chi connectivity index (χ3n) is 16.3. The molecule has 12 rings (SSSR count). The number of anilines is 3. The Balaban J connectivity index is 1.17. The quantitative estimate of drug-likeness (QED) is 0.0874. The Morgan fingerprint density at radius 2 is 0.637 bits per heavy atom. The third kappa shape index (κ3) is 9.24. The Morgan fingerprint density at radius 3 is 0.950 bits per heavy atom. The number of aromatic nitrogens is 1. The number of hydrogen-bond donors (Lipinski definition) is 0. The van der Waals surface area contributed by atoms with E-state index in [1.807, 2.05) is 6.07 Å². The van der Waals surface area contributed by atoms with Gasteiger partial charge in [-0.15, -0.1) is 0 Å². The molecule has 0 amide bonds. The van der Waals surface area contributed by atoms with Crippen LogP contribution < -0.4 is 46.4 Å². The van der Waals surface area contributed by atoms with E-state index in [2.05, 4.69) is 324 Å². The number of halogens is 2. The van der Waals surface area contributed by atoms with Crippen LogP contribution in [0.3, 0.4) is 0 Å². The second kappa shape index (κ2) is 21.3. The highest BCUT2D eigenvalue weighted by Gasteiger charge is 2.43. The topological polar surface area (TPSA) is 8.17 Å². The van der Waals surface area contributed by atoms with Gasteiger partial charge in [0.05, 0.1) is 26.8 Å². The summed E-state index contributed by atoms with van der Waals surface area (Å²) in [5, 5.41) is 13.6. The molecule has 0 saturated carbocycles. The normalized spacial score (nSPS) is 12.2. The van der Waals surface area contributed by atoms with E-state index < -0.39 is 16.1 Å². The lowest BCUT2D eigenvalue weighted by Crippen LogP contribution is -2.74. The first-order valence-electron chi connectivity index (χ1n) is 27.7. The maximum atomic E-state index is 7.87. The second-order valence-corrected chi connectivity index (χ2v) is 31.6. The summed E-state index contributed by atoms with van der Waals surface area (Å²) in [5.41, 5.74) is 8.31. The van der Waals surface area contributed by atoms with Crippen LogP contribution in [-0.2, 0) is 10.8 Å². The van der Waals surface area contributed by atoms with Gasteiger partial charge in [-0.2, -0.15) is 0 Å². The molecule has 0 radical (unpaired) electrons. The minimum atomic E-state index is -3.01. The van der Waals surface area contributed by atoms with Crippen LogP contribution in [0.1, 0.15) is 52.7 Å². The second-order valence-electron chi connectivity index (χ2n) is 23.2. The zero-order valence-electron chi connectivity index (χ0n) is 46.2. The van der Waals surface area contributed by atoms with Crippen molar-refractivity contribution in [1.29, 1.82) is 0 Å². The average Bonchev–Trinajstić information content (AvgIpc) is 3.90. The van der Waals surface area contributed by atoms with Crippen LogP contribution in [0.15, 0.2) is 279 Å². The van der Waals surface area contributed by atoms with Crippen LogP contribution in [0.5, 0.6) is 0 Å². The standard InChI is InChI=1S/C74H64Cl2N2Si2/c1-73(2,3)53-43-45-69-66(47-53)67-48-54(74(4,5)6)44-46-70(67)78(69)57-51-68(75)72(76)71(52-57)77(55-27-25-41-64(49-55)79(58-29-13-7-14-30-58,59-31-15-8-16-32-59)60-33-17-9-18-34-60)56-28-26-42-65(50-56)80(61-35-19-10-20-36-61,62-37-21-11-22-38-62)63-39-23-12-24-40-63/h7-52H,1-6H3. The maximum absolute atomic E-state index is 7.87. The lowest BCUT2D eigenvalue weighted by molar-refractivity contribution is 0.590. The highest BCUT2D eigenvalue weighted by atomic mass is 35.5. The fourth-order valence-electron chi connectivity index (χ4n) is 12.4. The summed E-state index contributed by atoms with van der Waals surface area (Å²) >= 11 is 15.5. The first kappa shape index (κ1) is 52.7. The molecule has 6 heteroatoms. The molecule has 2 nitrogen and oxygen atoms in total. The molecule has 0 aliphatic carbocycles. The van der Waals surface area contributed by atoms with Crippen molar-refractivity contribution in [1.82, 2.24) is 4.57 Å². The van der Waals surface area contributed by atoms with Crippen LogP contribution in [0.4, 0.5) is 17.1 Å². The van der Waals surface area contributed by atoms with Gasteiger partial charge in [0, 0.05) is 27.8 Å². The fourth-order valence-corrected chi connectivity index (χ4v) is 22.4. The SMILES string of the molecule is CC(C)(C)c1ccc2c(c1)c1cc(C(C)(C)C)ccc1n2-c1cc(Cl)c(Cl)c(N(c2cccc([Si](c3ccccc3)(c3ccccc3)c3ccccc3)c2)c2cccc([Si](c3ccccc3)(c3ccccc3)c3ccccc3)c2)c1. The van der Waals surface area contributed by atoms with Gasteiger partial charge in [-0.05, 0) is 124 Å². The van der Waals surface area contributed by atoms with Crippen molar-refractivity contribution in [3.05, 3.63) is 300 Å². The van der Waals surface area contributed by atoms with Crippen molar-refractivity contribution >= 4 is 120 Å². The molecule has 392 valence electrons. The molecular weight excluding hydrogens is 1040 g/mol. The number of nitrogens with zero attached hydrogens (tertiary/aromatic N) is 2. The Labute approximate surface area is 484 Å². The van der Waals surface area contributed by atoms with Crippen LogP contribution in [0, 0.1) is 0 Å². The van der Waals surface area contributed by atoms with Crippen molar-refractivity contribution in [3.8, 4) is 5.69 Å². The van der Waals surface area contributed by atoms with E-state index in [0.29, 0.717) is 10.0 Å². The molecule has 0 spiro atoms. The Bertz CT molecular complexity index is 3720. The molecule has 1 heterocycles. The summed E-state index contributed by atoms with van der Waals surface area (Å²) in [5.74, 6) is 0. The first-order chi connectivity index (χ1) is 38.8. The predicted octanol–water partition coefficient (Wildman–Crippen LogP) is 14.9. The van der Waals surface area contributed by atoms with Gasteiger partial charge < -0.3 is 9.47 Å². The molecular formula is C74H64Cl2N2Si2. The molecule has 80 heavy (non-hydrogen) atoms. The van der Waals surface area contributed by atoms with Gasteiger partial charge in [0.1, 0.15) is 0 Å². The molecule has 11 aromatic carbocycles. The highest BCUT2D eigenvalue weighted by Crippen LogP contribution is 2.45. The van der Waals surface area contributed by atoms with E-state index in [1.54, 1.807) is 0 Å². The van der Waals surface area contributed by atoms with Crippen molar-refractivity contribution in [2.24, 2.45) is 0 Å². The summed E-state index contributed by atoms with van der Waals surface area (Å²) < 4.78 is 2.39. The third-order valence-corrected chi connectivity index (χ3v) is 26.6. The predicted molar refractivity (Wildman–Crippen MR) is 350 cm³/mol. The molecule has 1 aromatic heterocycles. The van der Waals surface area contributed by atoms with E-state index in [4.69, 9.17) is 23.2 Å². The van der Waals surface area contributed by atoms with Crippen LogP contribution >= 0.6 is 23.2 Å². The van der Waals surface area contributed by atoms with E-state index in [0.717, 1.165) is 33.8 Å². The van der Waals surface area contributed by atoms with E-state index in [1.165, 1.54) is 63.4 Å². The molecule has 12 aromatic rings. The van der Waals surface area contributed by atoms with Gasteiger partial charge in [0.15, 0.2) is 16.1 Å². The molecule has 0 unspecified atom stereocenters. The number of benzene rings is 11. The van der Waals surface area contributed by atoms with Gasteiger partial charge in [-0.3, -0.25) is 0 Å². The van der Waals surface area contributed by atoms with Gasteiger partial charge in [-0.25, -0.2) is 0 Å². The van der Waals surface area contributed by atoms with Crippen LogP contribution in [0.25, 0.3) is 27.5 Å². The Hall–Kier alpha value is -7.97. The summed E-state index contributed by atoms with van der Waals surface area (Å²) in [7, 11) is -6.02. The lowest BCUT2D eigenvalue weighted by atomic mass is 9.85. The largest absolute Gasteiger partial charge is 0.309 e. The van der Waals surface area contributed by atoms with Gasteiger partial charge in [-0.1, -0.05) is 283 Å². The van der Waals surface area contributed by atoms with Gasteiger partial charge in [0.25, 0.3) is 0 Å². The van der Waals surface area contributed by atoms with Crippen molar-refractivity contribution in [2.45, 2.75) is 52.4 Å². The Morgan fingerprint density at radius 1 is 0.325 bits per heavy atom.